The molecule has 1 atom stereocenters. The van der Waals surface area contributed by atoms with Gasteiger partial charge in [0, 0.05) is 30.5 Å². The highest BCUT2D eigenvalue weighted by molar-refractivity contribution is 5.22. The van der Waals surface area contributed by atoms with Gasteiger partial charge in [0.2, 0.25) is 0 Å². The van der Waals surface area contributed by atoms with Gasteiger partial charge in [-0.1, -0.05) is 6.07 Å². The van der Waals surface area contributed by atoms with Gasteiger partial charge in [-0.25, -0.2) is 8.78 Å². The van der Waals surface area contributed by atoms with Crippen molar-refractivity contribution in [3.8, 4) is 0 Å². The number of hydrogen-bond acceptors (Lipinski definition) is 2. The Hall–Kier alpha value is -1.81. The molecule has 1 aromatic carbocycles. The first-order valence-corrected chi connectivity index (χ1v) is 5.74. The number of aromatic nitrogens is 1. The first-order chi connectivity index (χ1) is 8.66. The minimum atomic E-state index is -0.429. The Labute approximate surface area is 105 Å². The third-order valence-corrected chi connectivity index (χ3v) is 2.76. The van der Waals surface area contributed by atoms with Crippen molar-refractivity contribution in [1.29, 1.82) is 0 Å². The van der Waals surface area contributed by atoms with Gasteiger partial charge in [0.25, 0.3) is 0 Å². The molecule has 1 unspecified atom stereocenters. The van der Waals surface area contributed by atoms with Crippen molar-refractivity contribution >= 4 is 0 Å². The molecule has 2 aromatic rings. The van der Waals surface area contributed by atoms with Crippen LogP contribution in [0, 0.1) is 11.6 Å². The summed E-state index contributed by atoms with van der Waals surface area (Å²) < 4.78 is 26.6. The lowest BCUT2D eigenvalue weighted by molar-refractivity contribution is 0.518. The van der Waals surface area contributed by atoms with E-state index >= 15 is 0 Å². The first kappa shape index (κ1) is 12.6. The van der Waals surface area contributed by atoms with Crippen LogP contribution in [0.15, 0.2) is 42.7 Å². The van der Waals surface area contributed by atoms with Gasteiger partial charge in [-0.15, -0.1) is 0 Å². The molecule has 0 saturated heterocycles. The van der Waals surface area contributed by atoms with Crippen LogP contribution in [0.2, 0.25) is 0 Å². The summed E-state index contributed by atoms with van der Waals surface area (Å²) in [4.78, 5) is 3.99. The summed E-state index contributed by atoms with van der Waals surface area (Å²) in [7, 11) is 0. The van der Waals surface area contributed by atoms with E-state index in [-0.39, 0.29) is 6.04 Å². The maximum absolute atomic E-state index is 13.5. The molecule has 0 radical (unpaired) electrons. The van der Waals surface area contributed by atoms with Crippen molar-refractivity contribution in [1.82, 2.24) is 10.3 Å². The third kappa shape index (κ3) is 3.11. The predicted molar refractivity (Wildman–Crippen MR) is 65.8 cm³/mol. The summed E-state index contributed by atoms with van der Waals surface area (Å²) in [5, 5.41) is 3.14. The zero-order chi connectivity index (χ0) is 13.0. The zero-order valence-corrected chi connectivity index (χ0v) is 10.0. The second-order valence-electron chi connectivity index (χ2n) is 4.13. The average Bonchev–Trinajstić information content (AvgIpc) is 2.40. The fourth-order valence-corrected chi connectivity index (χ4v) is 1.73. The van der Waals surface area contributed by atoms with Crippen LogP contribution in [0.25, 0.3) is 0 Å². The standard InChI is InChI=1S/C14H14F2N2/c1-10(13-7-12(15)4-5-14(13)16)18-9-11-3-2-6-17-8-11/h2-8,10,18H,9H2,1H3. The second-order valence-corrected chi connectivity index (χ2v) is 4.13. The van der Waals surface area contributed by atoms with Crippen LogP contribution in [0.3, 0.4) is 0 Å². The fraction of sp³-hybridized carbons (Fsp3) is 0.214. The molecule has 2 nitrogen and oxygen atoms in total. The normalized spacial score (nSPS) is 12.4. The molecule has 2 rings (SSSR count). The van der Waals surface area contributed by atoms with Gasteiger partial charge < -0.3 is 5.32 Å². The Morgan fingerprint density at radius 2 is 2.11 bits per heavy atom. The molecule has 0 fully saturated rings. The predicted octanol–water partition coefficient (Wildman–Crippen LogP) is 3.21. The SMILES string of the molecule is CC(NCc1cccnc1)c1cc(F)ccc1F. The van der Waals surface area contributed by atoms with Gasteiger partial charge in [-0.3, -0.25) is 4.98 Å². The molecule has 0 amide bonds. The summed E-state index contributed by atoms with van der Waals surface area (Å²) in [5.41, 5.74) is 1.33. The summed E-state index contributed by atoms with van der Waals surface area (Å²) in [6.45, 7) is 2.36. The van der Waals surface area contributed by atoms with Crippen molar-refractivity contribution in [2.24, 2.45) is 0 Å². The summed E-state index contributed by atoms with van der Waals surface area (Å²) in [5.74, 6) is -0.830. The minimum Gasteiger partial charge on any atom is -0.306 e. The number of hydrogen-bond donors (Lipinski definition) is 1. The van der Waals surface area contributed by atoms with E-state index in [0.717, 1.165) is 17.7 Å². The van der Waals surface area contributed by atoms with E-state index in [0.29, 0.717) is 12.1 Å². The highest BCUT2D eigenvalue weighted by atomic mass is 19.1. The van der Waals surface area contributed by atoms with E-state index in [1.54, 1.807) is 19.3 Å². The molecule has 0 saturated carbocycles. The number of benzene rings is 1. The Morgan fingerprint density at radius 3 is 2.83 bits per heavy atom. The molecule has 1 N–H and O–H groups in total. The van der Waals surface area contributed by atoms with E-state index in [9.17, 15) is 8.78 Å². The zero-order valence-electron chi connectivity index (χ0n) is 10.0. The average molecular weight is 248 g/mol. The quantitative estimate of drug-likeness (QED) is 0.898. The van der Waals surface area contributed by atoms with Crippen molar-refractivity contribution in [3.05, 3.63) is 65.5 Å². The van der Waals surface area contributed by atoms with Gasteiger partial charge in [-0.2, -0.15) is 0 Å². The van der Waals surface area contributed by atoms with Crippen molar-refractivity contribution in [2.45, 2.75) is 19.5 Å². The highest BCUT2D eigenvalue weighted by Gasteiger charge is 2.11. The lowest BCUT2D eigenvalue weighted by Crippen LogP contribution is -2.19. The second kappa shape index (κ2) is 5.69. The molecule has 0 aliphatic heterocycles. The summed E-state index contributed by atoms with van der Waals surface area (Å²) >= 11 is 0. The molecule has 18 heavy (non-hydrogen) atoms. The number of nitrogens with one attached hydrogen (secondary N) is 1. The van der Waals surface area contributed by atoms with Gasteiger partial charge in [0.15, 0.2) is 0 Å². The summed E-state index contributed by atoms with van der Waals surface area (Å²) in [6, 6.07) is 6.98. The van der Waals surface area contributed by atoms with Gasteiger partial charge in [0.1, 0.15) is 11.6 Å². The largest absolute Gasteiger partial charge is 0.306 e. The number of pyridine rings is 1. The molecular formula is C14H14F2N2. The molecule has 0 bridgehead atoms. The molecule has 1 aromatic heterocycles. The van der Waals surface area contributed by atoms with Crippen molar-refractivity contribution in [3.63, 3.8) is 0 Å². The molecule has 1 heterocycles. The van der Waals surface area contributed by atoms with Gasteiger partial charge in [0.05, 0.1) is 0 Å². The first-order valence-electron chi connectivity index (χ1n) is 5.74. The molecular weight excluding hydrogens is 234 g/mol. The van der Waals surface area contributed by atoms with E-state index < -0.39 is 11.6 Å². The third-order valence-electron chi connectivity index (χ3n) is 2.76. The number of nitrogens with zero attached hydrogens (tertiary/aromatic N) is 1. The lowest BCUT2D eigenvalue weighted by atomic mass is 10.1. The number of rotatable bonds is 4. The van der Waals surface area contributed by atoms with E-state index in [1.807, 2.05) is 12.1 Å². The Bertz CT molecular complexity index is 514. The van der Waals surface area contributed by atoms with Crippen LogP contribution in [-0.2, 0) is 6.54 Å². The van der Waals surface area contributed by atoms with Crippen molar-refractivity contribution < 1.29 is 8.78 Å². The lowest BCUT2D eigenvalue weighted by Gasteiger charge is -2.15. The van der Waals surface area contributed by atoms with Crippen LogP contribution >= 0.6 is 0 Å². The fourth-order valence-electron chi connectivity index (χ4n) is 1.73. The van der Waals surface area contributed by atoms with Crippen LogP contribution in [-0.4, -0.2) is 4.98 Å². The van der Waals surface area contributed by atoms with E-state index in [4.69, 9.17) is 0 Å². The summed E-state index contributed by atoms with van der Waals surface area (Å²) in [6.07, 6.45) is 3.43. The van der Waals surface area contributed by atoms with E-state index in [1.165, 1.54) is 6.07 Å². The maximum atomic E-state index is 13.5. The smallest absolute Gasteiger partial charge is 0.128 e. The van der Waals surface area contributed by atoms with Crippen LogP contribution in [0.5, 0.6) is 0 Å². The minimum absolute atomic E-state index is 0.263. The van der Waals surface area contributed by atoms with Gasteiger partial charge in [-0.05, 0) is 36.8 Å². The molecule has 0 aliphatic rings. The highest BCUT2D eigenvalue weighted by Crippen LogP contribution is 2.18. The van der Waals surface area contributed by atoms with Crippen molar-refractivity contribution in [2.75, 3.05) is 0 Å². The monoisotopic (exact) mass is 248 g/mol. The Balaban J connectivity index is 2.03. The van der Waals surface area contributed by atoms with Crippen LogP contribution in [0.1, 0.15) is 24.1 Å². The molecule has 4 heteroatoms. The van der Waals surface area contributed by atoms with E-state index in [2.05, 4.69) is 10.3 Å². The number of halogens is 2. The Kier molecular flexibility index (Phi) is 3.99. The topological polar surface area (TPSA) is 24.9 Å². The van der Waals surface area contributed by atoms with Gasteiger partial charge >= 0.3 is 0 Å². The Morgan fingerprint density at radius 1 is 1.28 bits per heavy atom. The molecule has 0 spiro atoms. The molecule has 0 aliphatic carbocycles. The van der Waals surface area contributed by atoms with Crippen LogP contribution < -0.4 is 5.32 Å². The molecule has 94 valence electrons. The maximum Gasteiger partial charge on any atom is 0.128 e. The van der Waals surface area contributed by atoms with Crippen LogP contribution in [0.4, 0.5) is 8.78 Å².